The summed E-state index contributed by atoms with van der Waals surface area (Å²) < 4.78 is 0. The van der Waals surface area contributed by atoms with E-state index in [1.165, 1.54) is 12.8 Å². The van der Waals surface area contributed by atoms with E-state index < -0.39 is 0 Å². The lowest BCUT2D eigenvalue weighted by molar-refractivity contribution is -0.121. The molecule has 0 unspecified atom stereocenters. The molecule has 1 aromatic rings. The van der Waals surface area contributed by atoms with E-state index in [-0.39, 0.29) is 11.5 Å². The standard InChI is InChI=1S/C14H21N3O2/c1-9-12(14(19)16-10(2)15-9)7-8-13(18)17-11-5-3-4-6-11/h11H,3-8H2,1-2H3,(H,17,18)(H,15,16,19). The highest BCUT2D eigenvalue weighted by Gasteiger charge is 2.17. The van der Waals surface area contributed by atoms with Crippen molar-refractivity contribution in [1.82, 2.24) is 15.3 Å². The highest BCUT2D eigenvalue weighted by molar-refractivity contribution is 5.76. The highest BCUT2D eigenvalue weighted by Crippen LogP contribution is 2.17. The molecule has 0 spiro atoms. The maximum absolute atomic E-state index is 11.8. The average Bonchev–Trinajstić information content (AvgIpc) is 2.80. The molecule has 5 nitrogen and oxygen atoms in total. The topological polar surface area (TPSA) is 74.8 Å². The van der Waals surface area contributed by atoms with Crippen molar-refractivity contribution in [3.8, 4) is 0 Å². The summed E-state index contributed by atoms with van der Waals surface area (Å²) in [6.07, 6.45) is 5.37. The summed E-state index contributed by atoms with van der Waals surface area (Å²) in [5, 5.41) is 3.03. The number of aryl methyl sites for hydroxylation is 2. The van der Waals surface area contributed by atoms with Crippen LogP contribution in [0.3, 0.4) is 0 Å². The predicted octanol–water partition coefficient (Wildman–Crippen LogP) is 1.38. The Labute approximate surface area is 112 Å². The lowest BCUT2D eigenvalue weighted by atomic mass is 10.1. The van der Waals surface area contributed by atoms with Crippen LogP contribution in [0.2, 0.25) is 0 Å². The van der Waals surface area contributed by atoms with E-state index in [1.807, 2.05) is 6.92 Å². The first kappa shape index (κ1) is 13.8. The van der Waals surface area contributed by atoms with E-state index >= 15 is 0 Å². The predicted molar refractivity (Wildman–Crippen MR) is 73.1 cm³/mol. The van der Waals surface area contributed by atoms with Gasteiger partial charge < -0.3 is 10.3 Å². The zero-order valence-electron chi connectivity index (χ0n) is 11.6. The molecule has 0 aromatic carbocycles. The molecule has 2 rings (SSSR count). The van der Waals surface area contributed by atoms with Crippen LogP contribution in [0.15, 0.2) is 4.79 Å². The van der Waals surface area contributed by atoms with Crippen LogP contribution < -0.4 is 10.9 Å². The number of nitrogens with zero attached hydrogens (tertiary/aromatic N) is 1. The van der Waals surface area contributed by atoms with Crippen LogP contribution in [0.5, 0.6) is 0 Å². The van der Waals surface area contributed by atoms with Gasteiger partial charge in [0.1, 0.15) is 5.82 Å². The van der Waals surface area contributed by atoms with Gasteiger partial charge in [0.15, 0.2) is 0 Å². The van der Waals surface area contributed by atoms with Gasteiger partial charge in [0, 0.05) is 23.7 Å². The van der Waals surface area contributed by atoms with Gasteiger partial charge in [0.25, 0.3) is 5.56 Å². The van der Waals surface area contributed by atoms with Gasteiger partial charge in [-0.15, -0.1) is 0 Å². The number of hydrogen-bond donors (Lipinski definition) is 2. The number of nitrogens with one attached hydrogen (secondary N) is 2. The van der Waals surface area contributed by atoms with Crippen molar-refractivity contribution in [3.05, 3.63) is 27.4 Å². The minimum Gasteiger partial charge on any atom is -0.353 e. The van der Waals surface area contributed by atoms with Crippen molar-refractivity contribution >= 4 is 5.91 Å². The van der Waals surface area contributed by atoms with Gasteiger partial charge >= 0.3 is 0 Å². The lowest BCUT2D eigenvalue weighted by Gasteiger charge is -2.12. The summed E-state index contributed by atoms with van der Waals surface area (Å²) in [5.41, 5.74) is 1.21. The van der Waals surface area contributed by atoms with Gasteiger partial charge in [0.05, 0.1) is 0 Å². The molecule has 0 aliphatic heterocycles. The van der Waals surface area contributed by atoms with Crippen LogP contribution in [0.4, 0.5) is 0 Å². The normalized spacial score (nSPS) is 15.7. The van der Waals surface area contributed by atoms with Gasteiger partial charge in [-0.2, -0.15) is 0 Å². The number of rotatable bonds is 4. The third kappa shape index (κ3) is 3.66. The molecule has 1 aromatic heterocycles. The summed E-state index contributed by atoms with van der Waals surface area (Å²) in [7, 11) is 0. The molecule has 2 N–H and O–H groups in total. The Balaban J connectivity index is 1.91. The molecule has 1 fully saturated rings. The highest BCUT2D eigenvalue weighted by atomic mass is 16.1. The van der Waals surface area contributed by atoms with Gasteiger partial charge in [-0.3, -0.25) is 9.59 Å². The number of carbonyl (C=O) groups is 1. The zero-order chi connectivity index (χ0) is 13.8. The second-order valence-corrected chi connectivity index (χ2v) is 5.26. The molecule has 1 amide bonds. The lowest BCUT2D eigenvalue weighted by Crippen LogP contribution is -2.33. The van der Waals surface area contributed by atoms with E-state index in [9.17, 15) is 9.59 Å². The molecule has 104 valence electrons. The Morgan fingerprint density at radius 2 is 2.05 bits per heavy atom. The van der Waals surface area contributed by atoms with E-state index in [4.69, 9.17) is 0 Å². The molecule has 1 aliphatic rings. The summed E-state index contributed by atoms with van der Waals surface area (Å²) in [4.78, 5) is 30.5. The molecular formula is C14H21N3O2. The molecule has 5 heteroatoms. The first-order chi connectivity index (χ1) is 9.06. The largest absolute Gasteiger partial charge is 0.353 e. The number of aromatic amines is 1. The fourth-order valence-corrected chi connectivity index (χ4v) is 2.65. The van der Waals surface area contributed by atoms with Crippen LogP contribution in [0, 0.1) is 13.8 Å². The third-order valence-electron chi connectivity index (χ3n) is 3.66. The molecule has 1 heterocycles. The maximum atomic E-state index is 11.8. The van der Waals surface area contributed by atoms with E-state index in [0.717, 1.165) is 18.5 Å². The first-order valence-corrected chi connectivity index (χ1v) is 6.92. The Morgan fingerprint density at radius 3 is 2.68 bits per heavy atom. The minimum absolute atomic E-state index is 0.0336. The summed E-state index contributed by atoms with van der Waals surface area (Å²) >= 11 is 0. The maximum Gasteiger partial charge on any atom is 0.254 e. The van der Waals surface area contributed by atoms with Crippen molar-refractivity contribution in [1.29, 1.82) is 0 Å². The number of H-pyrrole nitrogens is 1. The van der Waals surface area contributed by atoms with Gasteiger partial charge in [-0.05, 0) is 33.1 Å². The van der Waals surface area contributed by atoms with Gasteiger partial charge in [-0.25, -0.2) is 4.98 Å². The molecule has 0 radical (unpaired) electrons. The number of hydrogen-bond acceptors (Lipinski definition) is 3. The number of amides is 1. The third-order valence-corrected chi connectivity index (χ3v) is 3.66. The number of carbonyl (C=O) groups excluding carboxylic acids is 1. The van der Waals surface area contributed by atoms with Crippen molar-refractivity contribution in [2.45, 2.75) is 58.4 Å². The molecule has 19 heavy (non-hydrogen) atoms. The molecule has 0 saturated heterocycles. The molecule has 1 aliphatic carbocycles. The van der Waals surface area contributed by atoms with Crippen molar-refractivity contribution < 1.29 is 4.79 Å². The molecule has 0 bridgehead atoms. The van der Waals surface area contributed by atoms with Crippen molar-refractivity contribution in [2.75, 3.05) is 0 Å². The Morgan fingerprint density at radius 1 is 1.37 bits per heavy atom. The average molecular weight is 263 g/mol. The summed E-state index contributed by atoms with van der Waals surface area (Å²) in [5.74, 6) is 0.646. The Kier molecular flexibility index (Phi) is 4.35. The fraction of sp³-hybridized carbons (Fsp3) is 0.643. The van der Waals surface area contributed by atoms with Crippen LogP contribution in [-0.4, -0.2) is 21.9 Å². The van der Waals surface area contributed by atoms with Crippen LogP contribution in [0.25, 0.3) is 0 Å². The molecular weight excluding hydrogens is 242 g/mol. The quantitative estimate of drug-likeness (QED) is 0.861. The van der Waals surface area contributed by atoms with Gasteiger partial charge in [0.2, 0.25) is 5.91 Å². The van der Waals surface area contributed by atoms with Crippen LogP contribution >= 0.6 is 0 Å². The minimum atomic E-state index is -0.126. The summed E-state index contributed by atoms with van der Waals surface area (Å²) in [6.45, 7) is 3.57. The van der Waals surface area contributed by atoms with Crippen LogP contribution in [0.1, 0.15) is 49.2 Å². The molecule has 0 atom stereocenters. The first-order valence-electron chi connectivity index (χ1n) is 6.92. The van der Waals surface area contributed by atoms with E-state index in [0.29, 0.717) is 30.3 Å². The fourth-order valence-electron chi connectivity index (χ4n) is 2.65. The second-order valence-electron chi connectivity index (χ2n) is 5.26. The summed E-state index contributed by atoms with van der Waals surface area (Å²) in [6, 6.07) is 0.336. The second kappa shape index (κ2) is 5.99. The van der Waals surface area contributed by atoms with Crippen molar-refractivity contribution in [2.24, 2.45) is 0 Å². The van der Waals surface area contributed by atoms with Gasteiger partial charge in [-0.1, -0.05) is 12.8 Å². The van der Waals surface area contributed by atoms with E-state index in [2.05, 4.69) is 15.3 Å². The van der Waals surface area contributed by atoms with Crippen LogP contribution in [-0.2, 0) is 11.2 Å². The Hall–Kier alpha value is -1.65. The monoisotopic (exact) mass is 263 g/mol. The van der Waals surface area contributed by atoms with Crippen molar-refractivity contribution in [3.63, 3.8) is 0 Å². The molecule has 1 saturated carbocycles. The zero-order valence-corrected chi connectivity index (χ0v) is 11.6. The SMILES string of the molecule is Cc1nc(C)c(CCC(=O)NC2CCCC2)c(=O)[nH]1. The Bertz CT molecular complexity index is 516. The smallest absolute Gasteiger partial charge is 0.254 e. The van der Waals surface area contributed by atoms with E-state index in [1.54, 1.807) is 6.92 Å². The number of aromatic nitrogens is 2.